The third-order valence-electron chi connectivity index (χ3n) is 9.19. The van der Waals surface area contributed by atoms with Crippen molar-refractivity contribution in [2.45, 2.75) is 70.7 Å². The summed E-state index contributed by atoms with van der Waals surface area (Å²) in [6, 6.07) is 4.24. The lowest BCUT2D eigenvalue weighted by atomic mass is 9.73. The van der Waals surface area contributed by atoms with E-state index in [4.69, 9.17) is 9.47 Å². The number of aliphatic hydroxyl groups excluding tert-OH is 1. The van der Waals surface area contributed by atoms with E-state index in [1.807, 2.05) is 71.0 Å². The molecule has 4 aliphatic rings. The van der Waals surface area contributed by atoms with Crippen molar-refractivity contribution in [2.24, 2.45) is 17.8 Å². The van der Waals surface area contributed by atoms with Crippen LogP contribution in [-0.4, -0.2) is 70.8 Å². The van der Waals surface area contributed by atoms with Gasteiger partial charge in [-0.15, -0.1) is 0 Å². The van der Waals surface area contributed by atoms with Gasteiger partial charge in [0, 0.05) is 12.2 Å². The smallest absolute Gasteiger partial charge is 0.313 e. The van der Waals surface area contributed by atoms with Crippen molar-refractivity contribution in [1.82, 2.24) is 4.90 Å². The molecule has 1 spiro atoms. The van der Waals surface area contributed by atoms with Crippen molar-refractivity contribution in [3.8, 4) is 0 Å². The van der Waals surface area contributed by atoms with Gasteiger partial charge in [0.05, 0.1) is 18.6 Å². The van der Waals surface area contributed by atoms with Gasteiger partial charge >= 0.3 is 5.97 Å². The average molecular weight is 523 g/mol. The quantitative estimate of drug-likeness (QED) is 0.456. The van der Waals surface area contributed by atoms with Gasteiger partial charge in [0.15, 0.2) is 0 Å². The molecular formula is C30H38N2O6. The van der Waals surface area contributed by atoms with Gasteiger partial charge in [-0.1, -0.05) is 63.6 Å². The molecule has 204 valence electrons. The van der Waals surface area contributed by atoms with Gasteiger partial charge in [-0.2, -0.15) is 0 Å². The summed E-state index contributed by atoms with van der Waals surface area (Å²) in [5.74, 6) is -3.03. The van der Waals surface area contributed by atoms with Crippen LogP contribution in [0.3, 0.4) is 0 Å². The van der Waals surface area contributed by atoms with E-state index in [9.17, 15) is 19.5 Å². The number of hydrogen-bond acceptors (Lipinski definition) is 6. The van der Waals surface area contributed by atoms with E-state index in [0.717, 1.165) is 16.8 Å². The molecule has 38 heavy (non-hydrogen) atoms. The van der Waals surface area contributed by atoms with Gasteiger partial charge < -0.3 is 24.4 Å². The number of hydrogen-bond donors (Lipinski definition) is 1. The first-order valence-electron chi connectivity index (χ1n) is 13.7. The number of likely N-dealkylation sites (tertiary alicyclic amines) is 1. The molecule has 5 rings (SSSR count). The van der Waals surface area contributed by atoms with Crippen LogP contribution >= 0.6 is 0 Å². The van der Waals surface area contributed by atoms with E-state index >= 15 is 0 Å². The lowest BCUT2D eigenvalue weighted by Gasteiger charge is -2.42. The van der Waals surface area contributed by atoms with Crippen molar-refractivity contribution in [2.75, 3.05) is 24.7 Å². The number of carbonyl (C=O) groups is 3. The van der Waals surface area contributed by atoms with Gasteiger partial charge in [-0.05, 0) is 43.4 Å². The summed E-state index contributed by atoms with van der Waals surface area (Å²) in [5, 5.41) is 10.5. The first-order valence-corrected chi connectivity index (χ1v) is 13.7. The van der Waals surface area contributed by atoms with Gasteiger partial charge in [0.25, 0.3) is 5.91 Å². The Kier molecular flexibility index (Phi) is 6.76. The lowest BCUT2D eigenvalue weighted by molar-refractivity contribution is -0.159. The number of amides is 2. The highest BCUT2D eigenvalue weighted by molar-refractivity contribution is 6.06. The Morgan fingerprint density at radius 2 is 1.76 bits per heavy atom. The molecule has 1 aromatic rings. The Morgan fingerprint density at radius 1 is 1.05 bits per heavy atom. The molecule has 4 aliphatic heterocycles. The van der Waals surface area contributed by atoms with Gasteiger partial charge in [-0.3, -0.25) is 14.4 Å². The third kappa shape index (κ3) is 3.60. The normalized spacial score (nSPS) is 33.8. The van der Waals surface area contributed by atoms with Crippen LogP contribution in [0, 0.1) is 31.6 Å². The topological polar surface area (TPSA) is 96.4 Å². The van der Waals surface area contributed by atoms with E-state index in [1.54, 1.807) is 15.9 Å². The summed E-state index contributed by atoms with van der Waals surface area (Å²) in [4.78, 5) is 45.9. The molecule has 0 aromatic heterocycles. The second-order valence-electron chi connectivity index (χ2n) is 11.1. The SMILES string of the molecule is CC[C@H](C)[C@H](CO)N1C(=O)[C@@H]2[C@@H]3C(=O)OCC=C[C@]3(CC)O[C@@]23C=CCN(c2c(C)cccc2C)C(=O)C13. The summed E-state index contributed by atoms with van der Waals surface area (Å²) < 4.78 is 12.4. The molecule has 2 fully saturated rings. The fraction of sp³-hybridized carbons (Fsp3) is 0.567. The highest BCUT2D eigenvalue weighted by Gasteiger charge is 2.76. The zero-order valence-electron chi connectivity index (χ0n) is 22.8. The maximum atomic E-state index is 14.7. The number of carbonyl (C=O) groups excluding carboxylic acids is 3. The number of esters is 1. The van der Waals surface area contributed by atoms with Crippen LogP contribution in [0.15, 0.2) is 42.5 Å². The van der Waals surface area contributed by atoms with Crippen LogP contribution in [0.1, 0.15) is 44.7 Å². The van der Waals surface area contributed by atoms with Crippen molar-refractivity contribution in [3.05, 3.63) is 53.6 Å². The molecule has 8 heteroatoms. The number of aryl methyl sites for hydroxylation is 2. The second-order valence-corrected chi connectivity index (χ2v) is 11.1. The fourth-order valence-corrected chi connectivity index (χ4v) is 7.14. The van der Waals surface area contributed by atoms with Crippen molar-refractivity contribution < 1.29 is 29.0 Å². The molecule has 8 nitrogen and oxygen atoms in total. The lowest BCUT2D eigenvalue weighted by Crippen LogP contribution is -2.60. The molecule has 0 bridgehead atoms. The number of cyclic esters (lactones) is 1. The Hall–Kier alpha value is -2.97. The number of aliphatic hydroxyl groups is 1. The second kappa shape index (κ2) is 9.65. The number of para-hydroxylation sites is 1. The molecule has 2 amide bonds. The Bertz CT molecular complexity index is 1190. The van der Waals surface area contributed by atoms with Crippen LogP contribution in [0.25, 0.3) is 0 Å². The van der Waals surface area contributed by atoms with E-state index < -0.39 is 41.1 Å². The maximum absolute atomic E-state index is 14.7. The number of nitrogens with zero attached hydrogens (tertiary/aromatic N) is 2. The molecular weight excluding hydrogens is 484 g/mol. The summed E-state index contributed by atoms with van der Waals surface area (Å²) in [6.07, 6.45) is 8.47. The van der Waals surface area contributed by atoms with E-state index in [0.29, 0.717) is 19.4 Å². The van der Waals surface area contributed by atoms with Crippen molar-refractivity contribution >= 4 is 23.5 Å². The summed E-state index contributed by atoms with van der Waals surface area (Å²) in [5.41, 5.74) is 0.258. The van der Waals surface area contributed by atoms with Crippen molar-refractivity contribution in [1.29, 1.82) is 0 Å². The molecule has 1 unspecified atom stereocenters. The largest absolute Gasteiger partial charge is 0.461 e. The first-order chi connectivity index (χ1) is 18.2. The number of benzene rings is 1. The van der Waals surface area contributed by atoms with Gasteiger partial charge in [0.2, 0.25) is 5.91 Å². The zero-order chi connectivity index (χ0) is 27.4. The molecule has 1 N–H and O–H groups in total. The number of anilines is 1. The number of ether oxygens (including phenoxy) is 2. The van der Waals surface area contributed by atoms with Gasteiger partial charge in [-0.25, -0.2) is 0 Å². The minimum absolute atomic E-state index is 0.0783. The van der Waals surface area contributed by atoms with Crippen LogP contribution < -0.4 is 4.90 Å². The van der Waals surface area contributed by atoms with Crippen LogP contribution in [0.4, 0.5) is 5.69 Å². The third-order valence-corrected chi connectivity index (χ3v) is 9.19. The zero-order valence-corrected chi connectivity index (χ0v) is 22.8. The Balaban J connectivity index is 1.73. The summed E-state index contributed by atoms with van der Waals surface area (Å²) in [6.45, 7) is 9.94. The van der Waals surface area contributed by atoms with E-state index in [1.165, 1.54) is 0 Å². The molecule has 0 aliphatic carbocycles. The monoisotopic (exact) mass is 522 g/mol. The maximum Gasteiger partial charge on any atom is 0.313 e. The fourth-order valence-electron chi connectivity index (χ4n) is 7.14. The predicted octanol–water partition coefficient (Wildman–Crippen LogP) is 3.09. The van der Waals surface area contributed by atoms with Crippen molar-refractivity contribution in [3.63, 3.8) is 0 Å². The minimum atomic E-state index is -1.37. The summed E-state index contributed by atoms with van der Waals surface area (Å²) in [7, 11) is 0. The molecule has 2 saturated heterocycles. The van der Waals surface area contributed by atoms with E-state index in [2.05, 4.69) is 0 Å². The average Bonchev–Trinajstić information content (AvgIpc) is 3.17. The molecule has 1 aromatic carbocycles. The van der Waals surface area contributed by atoms with E-state index in [-0.39, 0.29) is 30.9 Å². The van der Waals surface area contributed by atoms with Crippen LogP contribution in [0.2, 0.25) is 0 Å². The minimum Gasteiger partial charge on any atom is -0.461 e. The Morgan fingerprint density at radius 3 is 2.39 bits per heavy atom. The highest BCUT2D eigenvalue weighted by atomic mass is 16.6. The number of rotatable bonds is 6. The Labute approximate surface area is 224 Å². The predicted molar refractivity (Wildman–Crippen MR) is 142 cm³/mol. The standard InChI is InChI=1S/C30H38N2O6/c1-6-18(3)21(17-33)32-25-27(35)31(24-19(4)11-8-12-20(24)5)15-9-14-30(25)22(26(32)34)23-28(36)37-16-10-13-29(23,7-2)38-30/h8-14,18,21-23,25,33H,6-7,15-17H2,1-5H3/t18-,21-,22-,23+,25?,29-,30-/m0/s1. The molecule has 0 radical (unpaired) electrons. The molecule has 4 heterocycles. The highest BCUT2D eigenvalue weighted by Crippen LogP contribution is 2.59. The molecule has 0 saturated carbocycles. The molecule has 7 atom stereocenters. The van der Waals surface area contributed by atoms with Gasteiger partial charge in [0.1, 0.15) is 29.8 Å². The van der Waals surface area contributed by atoms with Crippen LogP contribution in [0.5, 0.6) is 0 Å². The van der Waals surface area contributed by atoms with Crippen LogP contribution in [-0.2, 0) is 23.9 Å². The number of fused-ring (bicyclic) bond motifs is 2. The summed E-state index contributed by atoms with van der Waals surface area (Å²) >= 11 is 0. The first kappa shape index (κ1) is 26.6.